The van der Waals surface area contributed by atoms with E-state index in [2.05, 4.69) is 10.2 Å². The molecule has 0 fully saturated rings. The molecule has 0 radical (unpaired) electrons. The van der Waals surface area contributed by atoms with Crippen molar-refractivity contribution in [1.29, 1.82) is 0 Å². The van der Waals surface area contributed by atoms with Crippen molar-refractivity contribution in [3.63, 3.8) is 0 Å². The number of carbonyl (C=O) groups is 1. The maximum absolute atomic E-state index is 12.5. The quantitative estimate of drug-likeness (QED) is 0.327. The van der Waals surface area contributed by atoms with Crippen molar-refractivity contribution in [2.45, 2.75) is 19.4 Å². The van der Waals surface area contributed by atoms with Gasteiger partial charge in [0.1, 0.15) is 0 Å². The standard InChI is InChI=1S/C18H24N4O4S/c1-12-15(17(23)26-4)16(13-6-8-14(9-7-13)22(24)25)19-18(27)21(12)11-5-10-20(2)3/h6-9,16H,5,10-11H2,1-4H3,(H,19,27)/t16-/m0/s1. The van der Waals surface area contributed by atoms with E-state index in [4.69, 9.17) is 17.0 Å². The van der Waals surface area contributed by atoms with E-state index < -0.39 is 16.9 Å². The number of nitro benzene ring substituents is 1. The summed E-state index contributed by atoms with van der Waals surface area (Å²) in [6, 6.07) is 5.55. The topological polar surface area (TPSA) is 88.0 Å². The number of carbonyl (C=O) groups excluding carboxylic acids is 1. The van der Waals surface area contributed by atoms with Gasteiger partial charge in [-0.25, -0.2) is 4.79 Å². The second-order valence-electron chi connectivity index (χ2n) is 6.53. The summed E-state index contributed by atoms with van der Waals surface area (Å²) in [5.74, 6) is -0.455. The Balaban J connectivity index is 2.37. The molecule has 1 aliphatic heterocycles. The largest absolute Gasteiger partial charge is 0.466 e. The van der Waals surface area contributed by atoms with Crippen LogP contribution in [0.4, 0.5) is 5.69 Å². The van der Waals surface area contributed by atoms with Crippen LogP contribution in [0.15, 0.2) is 35.5 Å². The number of thiocarbonyl (C=S) groups is 1. The number of methoxy groups -OCH3 is 1. The molecule has 0 amide bonds. The molecule has 1 N–H and O–H groups in total. The van der Waals surface area contributed by atoms with Crippen molar-refractivity contribution < 1.29 is 14.5 Å². The Morgan fingerprint density at radius 1 is 1.37 bits per heavy atom. The number of rotatable bonds is 7. The Morgan fingerprint density at radius 3 is 2.52 bits per heavy atom. The predicted molar refractivity (Wildman–Crippen MR) is 106 cm³/mol. The number of nitro groups is 1. The minimum atomic E-state index is -0.518. The first-order valence-corrected chi connectivity index (χ1v) is 8.93. The Labute approximate surface area is 163 Å². The zero-order valence-electron chi connectivity index (χ0n) is 15.9. The first-order valence-electron chi connectivity index (χ1n) is 8.52. The summed E-state index contributed by atoms with van der Waals surface area (Å²) in [5, 5.41) is 14.6. The van der Waals surface area contributed by atoms with E-state index in [0.717, 1.165) is 18.7 Å². The summed E-state index contributed by atoms with van der Waals surface area (Å²) >= 11 is 5.51. The van der Waals surface area contributed by atoms with Crippen molar-refractivity contribution in [1.82, 2.24) is 15.1 Å². The van der Waals surface area contributed by atoms with E-state index in [9.17, 15) is 14.9 Å². The average Bonchev–Trinajstić information content (AvgIpc) is 2.63. The Bertz CT molecular complexity index is 761. The summed E-state index contributed by atoms with van der Waals surface area (Å²) in [6.45, 7) is 3.41. The zero-order valence-corrected chi connectivity index (χ0v) is 16.7. The molecule has 1 aromatic carbocycles. The van der Waals surface area contributed by atoms with Gasteiger partial charge in [0.05, 0.1) is 23.6 Å². The minimum absolute atomic E-state index is 0.0113. The van der Waals surface area contributed by atoms with Crippen molar-refractivity contribution >= 4 is 29.0 Å². The number of nitrogens with zero attached hydrogens (tertiary/aromatic N) is 3. The lowest BCUT2D eigenvalue weighted by molar-refractivity contribution is -0.384. The molecule has 0 spiro atoms. The van der Waals surface area contributed by atoms with Gasteiger partial charge in [0.15, 0.2) is 5.11 Å². The normalized spacial score (nSPS) is 17.1. The maximum atomic E-state index is 12.5. The Kier molecular flexibility index (Phi) is 6.86. The second-order valence-corrected chi connectivity index (χ2v) is 6.92. The molecule has 27 heavy (non-hydrogen) atoms. The van der Waals surface area contributed by atoms with E-state index in [1.54, 1.807) is 12.1 Å². The van der Waals surface area contributed by atoms with Gasteiger partial charge in [-0.3, -0.25) is 10.1 Å². The molecule has 0 aromatic heterocycles. The number of nitrogens with one attached hydrogen (secondary N) is 1. The first kappa shape index (κ1) is 20.8. The number of hydrogen-bond donors (Lipinski definition) is 1. The molecule has 0 saturated carbocycles. The maximum Gasteiger partial charge on any atom is 0.337 e. The van der Waals surface area contributed by atoms with Crippen LogP contribution in [0.1, 0.15) is 24.9 Å². The highest BCUT2D eigenvalue weighted by Crippen LogP contribution is 2.32. The summed E-state index contributed by atoms with van der Waals surface area (Å²) in [5.41, 5.74) is 1.87. The van der Waals surface area contributed by atoms with Gasteiger partial charge < -0.3 is 19.9 Å². The third-order valence-corrected chi connectivity index (χ3v) is 4.76. The van der Waals surface area contributed by atoms with Crippen LogP contribution in [0.3, 0.4) is 0 Å². The fourth-order valence-electron chi connectivity index (χ4n) is 3.01. The molecule has 0 unspecified atom stereocenters. The number of non-ortho nitro benzene ring substituents is 1. The van der Waals surface area contributed by atoms with Crippen molar-refractivity contribution in [2.75, 3.05) is 34.3 Å². The highest BCUT2D eigenvalue weighted by atomic mass is 32.1. The smallest absolute Gasteiger partial charge is 0.337 e. The fraction of sp³-hybridized carbons (Fsp3) is 0.444. The van der Waals surface area contributed by atoms with Gasteiger partial charge in [-0.2, -0.15) is 0 Å². The molecule has 1 atom stereocenters. The molecule has 9 heteroatoms. The minimum Gasteiger partial charge on any atom is -0.466 e. The van der Waals surface area contributed by atoms with Crippen LogP contribution in [0.5, 0.6) is 0 Å². The van der Waals surface area contributed by atoms with Crippen LogP contribution >= 0.6 is 12.2 Å². The molecule has 146 valence electrons. The van der Waals surface area contributed by atoms with Crippen molar-refractivity contribution in [3.05, 3.63) is 51.2 Å². The SMILES string of the molecule is COC(=O)C1=C(C)N(CCCN(C)C)C(=S)N[C@H]1c1ccc([N+](=O)[O-])cc1. The van der Waals surface area contributed by atoms with Crippen LogP contribution in [0, 0.1) is 10.1 Å². The van der Waals surface area contributed by atoms with E-state index in [1.165, 1.54) is 19.2 Å². The van der Waals surface area contributed by atoms with Crippen LogP contribution in [-0.2, 0) is 9.53 Å². The van der Waals surface area contributed by atoms with Gasteiger partial charge in [0.2, 0.25) is 0 Å². The highest BCUT2D eigenvalue weighted by molar-refractivity contribution is 7.80. The molecule has 1 heterocycles. The number of allylic oxidation sites excluding steroid dienone is 1. The van der Waals surface area contributed by atoms with Gasteiger partial charge in [-0.1, -0.05) is 0 Å². The number of hydrogen-bond acceptors (Lipinski definition) is 6. The van der Waals surface area contributed by atoms with Crippen molar-refractivity contribution in [3.8, 4) is 0 Å². The molecule has 8 nitrogen and oxygen atoms in total. The molecule has 1 aliphatic rings. The van der Waals surface area contributed by atoms with Gasteiger partial charge in [0.25, 0.3) is 5.69 Å². The molecule has 0 bridgehead atoms. The molecular weight excluding hydrogens is 368 g/mol. The van der Waals surface area contributed by atoms with Crippen LogP contribution in [0.2, 0.25) is 0 Å². The number of benzene rings is 1. The van der Waals surface area contributed by atoms with Crippen LogP contribution in [0.25, 0.3) is 0 Å². The second kappa shape index (κ2) is 8.92. The highest BCUT2D eigenvalue weighted by Gasteiger charge is 2.34. The lowest BCUT2D eigenvalue weighted by atomic mass is 9.94. The lowest BCUT2D eigenvalue weighted by Crippen LogP contribution is -2.48. The average molecular weight is 392 g/mol. The number of ether oxygens (including phenoxy) is 1. The van der Waals surface area contributed by atoms with Crippen LogP contribution < -0.4 is 5.32 Å². The van der Waals surface area contributed by atoms with E-state index in [-0.39, 0.29) is 5.69 Å². The Hall–Kier alpha value is -2.52. The van der Waals surface area contributed by atoms with E-state index >= 15 is 0 Å². The summed E-state index contributed by atoms with van der Waals surface area (Å²) in [6.07, 6.45) is 0.878. The number of esters is 1. The molecule has 0 saturated heterocycles. The third kappa shape index (κ3) is 4.81. The molecule has 0 aliphatic carbocycles. The molecule has 2 rings (SSSR count). The zero-order chi connectivity index (χ0) is 20.1. The first-order chi connectivity index (χ1) is 12.8. The molecular formula is C18H24N4O4S. The monoisotopic (exact) mass is 392 g/mol. The summed E-state index contributed by atoms with van der Waals surface area (Å²) in [4.78, 5) is 26.9. The van der Waals surface area contributed by atoms with Gasteiger partial charge in [-0.15, -0.1) is 0 Å². The van der Waals surface area contributed by atoms with E-state index in [0.29, 0.717) is 22.8 Å². The van der Waals surface area contributed by atoms with Gasteiger partial charge in [-0.05, 0) is 63.9 Å². The lowest BCUT2D eigenvalue weighted by Gasteiger charge is -2.37. The Morgan fingerprint density at radius 2 is 2.00 bits per heavy atom. The summed E-state index contributed by atoms with van der Waals surface area (Å²) < 4.78 is 4.98. The van der Waals surface area contributed by atoms with Gasteiger partial charge >= 0.3 is 5.97 Å². The van der Waals surface area contributed by atoms with Gasteiger partial charge in [0, 0.05) is 24.4 Å². The molecule has 1 aromatic rings. The van der Waals surface area contributed by atoms with E-state index in [1.807, 2.05) is 25.9 Å². The van der Waals surface area contributed by atoms with Crippen LogP contribution in [-0.4, -0.2) is 60.1 Å². The summed E-state index contributed by atoms with van der Waals surface area (Å²) in [7, 11) is 5.33. The predicted octanol–water partition coefficient (Wildman–Crippen LogP) is 2.22. The third-order valence-electron chi connectivity index (χ3n) is 4.43. The van der Waals surface area contributed by atoms with Crippen molar-refractivity contribution in [2.24, 2.45) is 0 Å². The fourth-order valence-corrected chi connectivity index (χ4v) is 3.35.